The molecular formula is C19H21ClN2O. The Labute approximate surface area is 142 Å². The van der Waals surface area contributed by atoms with Gasteiger partial charge in [0.1, 0.15) is 0 Å². The van der Waals surface area contributed by atoms with Gasteiger partial charge in [0.15, 0.2) is 0 Å². The molecule has 1 aromatic heterocycles. The normalized spacial score (nSPS) is 10.2. The number of aliphatic hydroxyl groups is 1. The van der Waals surface area contributed by atoms with E-state index in [1.54, 1.807) is 12.5 Å². The molecule has 0 atom stereocenters. The lowest BCUT2D eigenvalue weighted by molar-refractivity contribution is 0.399. The molecule has 0 radical (unpaired) electrons. The predicted molar refractivity (Wildman–Crippen MR) is 96.4 cm³/mol. The number of rotatable bonds is 2. The lowest BCUT2D eigenvalue weighted by atomic mass is 9.94. The first-order valence-electron chi connectivity index (χ1n) is 7.37. The second-order valence-corrected chi connectivity index (χ2v) is 5.82. The van der Waals surface area contributed by atoms with Gasteiger partial charge in [-0.1, -0.05) is 35.4 Å². The molecule has 4 heteroatoms. The van der Waals surface area contributed by atoms with Gasteiger partial charge in [0.05, 0.1) is 17.0 Å². The quantitative estimate of drug-likeness (QED) is 0.738. The van der Waals surface area contributed by atoms with Gasteiger partial charge in [-0.2, -0.15) is 0 Å². The summed E-state index contributed by atoms with van der Waals surface area (Å²) < 4.78 is 1.92. The molecule has 0 saturated heterocycles. The summed E-state index contributed by atoms with van der Waals surface area (Å²) in [6.07, 6.45) is 5.39. The van der Waals surface area contributed by atoms with Crippen LogP contribution < -0.4 is 0 Å². The summed E-state index contributed by atoms with van der Waals surface area (Å²) in [7, 11) is 1.00. The Kier molecular flexibility index (Phi) is 5.59. The van der Waals surface area contributed by atoms with E-state index in [9.17, 15) is 0 Å². The number of hydrogen-bond acceptors (Lipinski definition) is 2. The van der Waals surface area contributed by atoms with Crippen molar-refractivity contribution in [3.8, 4) is 16.8 Å². The Morgan fingerprint density at radius 2 is 1.65 bits per heavy atom. The number of benzene rings is 2. The fraction of sp³-hybridized carbons (Fsp3) is 0.211. The molecule has 0 bridgehead atoms. The van der Waals surface area contributed by atoms with Gasteiger partial charge in [-0.25, -0.2) is 4.98 Å². The van der Waals surface area contributed by atoms with Crippen molar-refractivity contribution in [2.24, 2.45) is 0 Å². The van der Waals surface area contributed by atoms with Crippen molar-refractivity contribution >= 4 is 11.6 Å². The van der Waals surface area contributed by atoms with Crippen LogP contribution in [0.5, 0.6) is 0 Å². The molecule has 3 rings (SSSR count). The van der Waals surface area contributed by atoms with Crippen LogP contribution in [-0.4, -0.2) is 21.8 Å². The zero-order valence-electron chi connectivity index (χ0n) is 13.8. The van der Waals surface area contributed by atoms with Crippen molar-refractivity contribution in [3.63, 3.8) is 0 Å². The number of aryl methyl sites for hydroxylation is 3. The van der Waals surface area contributed by atoms with Gasteiger partial charge < -0.3 is 9.67 Å². The van der Waals surface area contributed by atoms with E-state index < -0.39 is 0 Å². The summed E-state index contributed by atoms with van der Waals surface area (Å²) in [5.41, 5.74) is 7.20. The van der Waals surface area contributed by atoms with Crippen LogP contribution in [0.1, 0.15) is 16.7 Å². The molecule has 0 unspecified atom stereocenters. The highest BCUT2D eigenvalue weighted by atomic mass is 35.5. The number of nitrogens with zero attached hydrogens (tertiary/aromatic N) is 2. The zero-order chi connectivity index (χ0) is 17.0. The van der Waals surface area contributed by atoms with Gasteiger partial charge in [0.2, 0.25) is 0 Å². The molecule has 3 aromatic rings. The van der Waals surface area contributed by atoms with Gasteiger partial charge in [-0.3, -0.25) is 0 Å². The number of aliphatic hydroxyl groups excluding tert-OH is 1. The van der Waals surface area contributed by atoms with E-state index in [-0.39, 0.29) is 0 Å². The number of halogens is 1. The molecule has 2 aromatic carbocycles. The average molecular weight is 329 g/mol. The van der Waals surface area contributed by atoms with E-state index >= 15 is 0 Å². The Balaban J connectivity index is 0.000000924. The van der Waals surface area contributed by atoms with Crippen LogP contribution in [0.15, 0.2) is 49.1 Å². The fourth-order valence-corrected chi connectivity index (χ4v) is 3.19. The molecule has 0 amide bonds. The van der Waals surface area contributed by atoms with Crippen LogP contribution in [0.2, 0.25) is 5.02 Å². The molecule has 0 aliphatic rings. The highest BCUT2D eigenvalue weighted by molar-refractivity contribution is 6.32. The highest BCUT2D eigenvalue weighted by Crippen LogP contribution is 2.32. The maximum Gasteiger partial charge on any atom is 0.0992 e. The van der Waals surface area contributed by atoms with Gasteiger partial charge in [0.25, 0.3) is 0 Å². The molecule has 0 fully saturated rings. The maximum atomic E-state index is 7.00. The topological polar surface area (TPSA) is 38.0 Å². The Hall–Kier alpha value is -2.10. The summed E-state index contributed by atoms with van der Waals surface area (Å²) >= 11 is 6.46. The molecule has 0 saturated carbocycles. The monoisotopic (exact) mass is 328 g/mol. The van der Waals surface area contributed by atoms with Gasteiger partial charge in [-0.05, 0) is 55.2 Å². The number of imidazole rings is 1. The summed E-state index contributed by atoms with van der Waals surface area (Å²) in [6.45, 7) is 6.42. The van der Waals surface area contributed by atoms with E-state index in [1.807, 2.05) is 22.9 Å². The summed E-state index contributed by atoms with van der Waals surface area (Å²) in [5, 5.41) is 7.73. The van der Waals surface area contributed by atoms with Crippen LogP contribution in [-0.2, 0) is 0 Å². The molecule has 3 nitrogen and oxygen atoms in total. The summed E-state index contributed by atoms with van der Waals surface area (Å²) in [4.78, 5) is 4.06. The molecule has 1 N–H and O–H groups in total. The summed E-state index contributed by atoms with van der Waals surface area (Å²) in [6, 6.07) is 10.6. The highest BCUT2D eigenvalue weighted by Gasteiger charge is 2.10. The zero-order valence-corrected chi connectivity index (χ0v) is 14.6. The van der Waals surface area contributed by atoms with Crippen molar-refractivity contribution in [1.82, 2.24) is 9.55 Å². The minimum absolute atomic E-state index is 0.727. The fourth-order valence-electron chi connectivity index (χ4n) is 2.91. The second kappa shape index (κ2) is 7.44. The van der Waals surface area contributed by atoms with Crippen molar-refractivity contribution < 1.29 is 5.11 Å². The smallest absolute Gasteiger partial charge is 0.0992 e. The second-order valence-electron chi connectivity index (χ2n) is 5.41. The van der Waals surface area contributed by atoms with Crippen molar-refractivity contribution in [1.29, 1.82) is 0 Å². The van der Waals surface area contributed by atoms with Crippen molar-refractivity contribution in [2.75, 3.05) is 7.11 Å². The first-order chi connectivity index (χ1) is 11.1. The third-order valence-corrected chi connectivity index (χ3v) is 4.00. The van der Waals surface area contributed by atoms with Crippen molar-refractivity contribution in [2.45, 2.75) is 20.8 Å². The lowest BCUT2D eigenvalue weighted by Crippen LogP contribution is -1.94. The minimum Gasteiger partial charge on any atom is -0.400 e. The molecule has 120 valence electrons. The van der Waals surface area contributed by atoms with E-state index in [4.69, 9.17) is 16.7 Å². The van der Waals surface area contributed by atoms with E-state index in [0.29, 0.717) is 0 Å². The third-order valence-electron chi connectivity index (χ3n) is 3.70. The van der Waals surface area contributed by atoms with E-state index in [1.165, 1.54) is 22.3 Å². The Bertz CT molecular complexity index is 772. The molecule has 0 aliphatic carbocycles. The molecular weight excluding hydrogens is 308 g/mol. The number of hydrogen-bond donors (Lipinski definition) is 1. The van der Waals surface area contributed by atoms with Crippen LogP contribution >= 0.6 is 11.6 Å². The Morgan fingerprint density at radius 3 is 2.17 bits per heavy atom. The first-order valence-corrected chi connectivity index (χ1v) is 7.75. The van der Waals surface area contributed by atoms with Gasteiger partial charge in [-0.15, -0.1) is 0 Å². The van der Waals surface area contributed by atoms with E-state index in [2.05, 4.69) is 44.0 Å². The van der Waals surface area contributed by atoms with Crippen LogP contribution in [0, 0.1) is 20.8 Å². The standard InChI is InChI=1S/C18H17ClN2.CH4O/c1-12-8-13(2)18(14(3)9-12)15-4-5-17(16(19)10-15)21-7-6-20-11-21;1-2/h4-11H,1-3H3;2H,1H3. The SMILES string of the molecule is CO.Cc1cc(C)c(-c2ccc(-n3ccnc3)c(Cl)c2)c(C)c1. The summed E-state index contributed by atoms with van der Waals surface area (Å²) in [5.74, 6) is 0. The Morgan fingerprint density at radius 1 is 1.00 bits per heavy atom. The van der Waals surface area contributed by atoms with Crippen LogP contribution in [0.4, 0.5) is 0 Å². The molecule has 0 aliphatic heterocycles. The predicted octanol–water partition coefficient (Wildman–Crippen LogP) is 4.73. The lowest BCUT2D eigenvalue weighted by Gasteiger charge is -2.13. The minimum atomic E-state index is 0.727. The maximum absolute atomic E-state index is 7.00. The van der Waals surface area contributed by atoms with E-state index in [0.717, 1.165) is 23.4 Å². The largest absolute Gasteiger partial charge is 0.400 e. The molecule has 0 spiro atoms. The molecule has 23 heavy (non-hydrogen) atoms. The van der Waals surface area contributed by atoms with Crippen molar-refractivity contribution in [3.05, 3.63) is 70.8 Å². The van der Waals surface area contributed by atoms with Gasteiger partial charge >= 0.3 is 0 Å². The number of aromatic nitrogens is 2. The van der Waals surface area contributed by atoms with Crippen LogP contribution in [0.3, 0.4) is 0 Å². The average Bonchev–Trinajstić information content (AvgIpc) is 3.02. The third kappa shape index (κ3) is 3.63. The first kappa shape index (κ1) is 17.3. The molecule has 1 heterocycles. The van der Waals surface area contributed by atoms with Gasteiger partial charge in [0, 0.05) is 19.5 Å². The van der Waals surface area contributed by atoms with Crippen LogP contribution in [0.25, 0.3) is 16.8 Å².